The van der Waals surface area contributed by atoms with Crippen LogP contribution < -0.4 is 0 Å². The number of hydrogen-bond acceptors (Lipinski definition) is 10. The molecule has 0 radical (unpaired) electrons. The summed E-state index contributed by atoms with van der Waals surface area (Å²) in [4.78, 5) is 45.1. The standard InChI is InChI=1S/C18H22O11/c19-11-27-15(24)3-1-2-7-18(8-4-14(22)23,9-5-16(25)28-12-20)10-6-17(26)29-13-21/h1,3-6,8-10,19-21H,2,7,11-13H2,(H,22,23). The lowest BCUT2D eigenvalue weighted by Gasteiger charge is -2.22. The molecule has 0 aromatic carbocycles. The minimum absolute atomic E-state index is 0.0749. The van der Waals surface area contributed by atoms with Gasteiger partial charge >= 0.3 is 23.9 Å². The average molecular weight is 414 g/mol. The van der Waals surface area contributed by atoms with E-state index in [2.05, 4.69) is 14.2 Å². The molecular formula is C18H22O11. The SMILES string of the molecule is O=C(O)C=CC(C=CC(=O)OCO)(C=CC(=O)OCO)CCC=CC(=O)OCO. The van der Waals surface area contributed by atoms with Gasteiger partial charge in [-0.25, -0.2) is 19.2 Å². The van der Waals surface area contributed by atoms with Crippen molar-refractivity contribution in [3.8, 4) is 0 Å². The predicted molar refractivity (Wildman–Crippen MR) is 95.4 cm³/mol. The number of hydrogen-bond donors (Lipinski definition) is 4. The number of esters is 3. The van der Waals surface area contributed by atoms with Crippen molar-refractivity contribution in [2.24, 2.45) is 5.41 Å². The Morgan fingerprint density at radius 2 is 1.10 bits per heavy atom. The molecule has 0 unspecified atom stereocenters. The summed E-state index contributed by atoms with van der Waals surface area (Å²) in [6, 6.07) is 0. The Kier molecular flexibility index (Phi) is 13.1. The number of ether oxygens (including phenoxy) is 3. The highest BCUT2D eigenvalue weighted by atomic mass is 16.6. The first-order valence-corrected chi connectivity index (χ1v) is 8.08. The Morgan fingerprint density at radius 1 is 0.690 bits per heavy atom. The Hall–Kier alpha value is -3.28. The lowest BCUT2D eigenvalue weighted by atomic mass is 9.81. The van der Waals surface area contributed by atoms with Crippen molar-refractivity contribution < 1.29 is 53.8 Å². The number of carbonyl (C=O) groups excluding carboxylic acids is 3. The minimum atomic E-state index is -1.31. The molecule has 0 atom stereocenters. The quantitative estimate of drug-likeness (QED) is 0.133. The summed E-state index contributed by atoms with van der Waals surface area (Å²) < 4.78 is 13.0. The molecule has 11 heteroatoms. The van der Waals surface area contributed by atoms with E-state index in [4.69, 9.17) is 20.4 Å². The summed E-state index contributed by atoms with van der Waals surface area (Å²) in [6.45, 7) is -2.52. The molecule has 0 heterocycles. The van der Waals surface area contributed by atoms with Crippen LogP contribution in [0.3, 0.4) is 0 Å². The molecule has 0 aromatic heterocycles. The van der Waals surface area contributed by atoms with Gasteiger partial charge in [0, 0.05) is 29.7 Å². The summed E-state index contributed by atoms with van der Waals surface area (Å²) in [5, 5.41) is 34.6. The van der Waals surface area contributed by atoms with Gasteiger partial charge < -0.3 is 34.6 Å². The van der Waals surface area contributed by atoms with E-state index in [1.807, 2.05) is 0 Å². The van der Waals surface area contributed by atoms with Gasteiger partial charge in [0.15, 0.2) is 20.4 Å². The Labute approximate surface area is 165 Å². The molecule has 0 aliphatic rings. The number of allylic oxidation sites excluding steroid dienone is 4. The van der Waals surface area contributed by atoms with Crippen molar-refractivity contribution in [3.05, 3.63) is 48.6 Å². The predicted octanol–water partition coefficient (Wildman–Crippen LogP) is -0.459. The first kappa shape index (κ1) is 25.7. The summed E-state index contributed by atoms with van der Waals surface area (Å²) in [5.74, 6) is -3.94. The third-order valence-corrected chi connectivity index (χ3v) is 3.21. The molecule has 4 N–H and O–H groups in total. The number of aliphatic carboxylic acids is 1. The van der Waals surface area contributed by atoms with Crippen LogP contribution in [0.2, 0.25) is 0 Å². The van der Waals surface area contributed by atoms with Gasteiger partial charge in [-0.2, -0.15) is 0 Å². The largest absolute Gasteiger partial charge is 0.478 e. The summed E-state index contributed by atoms with van der Waals surface area (Å²) in [7, 11) is 0. The lowest BCUT2D eigenvalue weighted by molar-refractivity contribution is -0.146. The van der Waals surface area contributed by atoms with E-state index < -0.39 is 49.7 Å². The van der Waals surface area contributed by atoms with E-state index in [-0.39, 0.29) is 12.8 Å². The Morgan fingerprint density at radius 3 is 1.52 bits per heavy atom. The molecule has 0 aliphatic heterocycles. The van der Waals surface area contributed by atoms with E-state index in [0.717, 1.165) is 24.3 Å². The molecule has 0 spiro atoms. The van der Waals surface area contributed by atoms with Crippen molar-refractivity contribution in [3.63, 3.8) is 0 Å². The second-order valence-corrected chi connectivity index (χ2v) is 5.17. The average Bonchev–Trinajstić information content (AvgIpc) is 2.66. The molecule has 0 aromatic rings. The summed E-state index contributed by atoms with van der Waals surface area (Å²) >= 11 is 0. The molecule has 0 saturated heterocycles. The van der Waals surface area contributed by atoms with Crippen molar-refractivity contribution in [2.75, 3.05) is 20.4 Å². The van der Waals surface area contributed by atoms with Gasteiger partial charge in [0.05, 0.1) is 0 Å². The van der Waals surface area contributed by atoms with Crippen LogP contribution in [0, 0.1) is 5.41 Å². The first-order valence-electron chi connectivity index (χ1n) is 8.08. The molecule has 0 saturated carbocycles. The fourth-order valence-electron chi connectivity index (χ4n) is 1.94. The van der Waals surface area contributed by atoms with Gasteiger partial charge in [0.25, 0.3) is 0 Å². The second kappa shape index (κ2) is 14.7. The highest BCUT2D eigenvalue weighted by Gasteiger charge is 2.22. The van der Waals surface area contributed by atoms with Crippen LogP contribution in [0.25, 0.3) is 0 Å². The van der Waals surface area contributed by atoms with E-state index in [0.29, 0.717) is 0 Å². The van der Waals surface area contributed by atoms with Crippen LogP contribution in [0.4, 0.5) is 0 Å². The van der Waals surface area contributed by atoms with Crippen LogP contribution in [0.15, 0.2) is 48.6 Å². The van der Waals surface area contributed by atoms with E-state index in [9.17, 15) is 19.2 Å². The maximum atomic E-state index is 11.5. The van der Waals surface area contributed by atoms with Gasteiger partial charge in [-0.05, 0) is 12.8 Å². The van der Waals surface area contributed by atoms with Gasteiger partial charge in [0.2, 0.25) is 0 Å². The zero-order chi connectivity index (χ0) is 22.1. The van der Waals surface area contributed by atoms with Crippen LogP contribution in [-0.2, 0) is 33.4 Å². The number of aliphatic hydroxyl groups excluding tert-OH is 3. The molecule has 160 valence electrons. The number of aliphatic hydroxyl groups is 3. The zero-order valence-electron chi connectivity index (χ0n) is 15.3. The summed E-state index contributed by atoms with van der Waals surface area (Å²) in [6.07, 6.45) is 8.92. The summed E-state index contributed by atoms with van der Waals surface area (Å²) in [5.41, 5.74) is -1.31. The highest BCUT2D eigenvalue weighted by molar-refractivity contribution is 5.84. The van der Waals surface area contributed by atoms with Crippen molar-refractivity contribution in [1.82, 2.24) is 0 Å². The van der Waals surface area contributed by atoms with Gasteiger partial charge in [0.1, 0.15) is 0 Å². The van der Waals surface area contributed by atoms with Crippen molar-refractivity contribution in [2.45, 2.75) is 12.8 Å². The molecule has 11 nitrogen and oxygen atoms in total. The third kappa shape index (κ3) is 12.7. The van der Waals surface area contributed by atoms with Crippen LogP contribution in [0.1, 0.15) is 12.8 Å². The normalized spacial score (nSPS) is 13.8. The number of rotatable bonds is 13. The van der Waals surface area contributed by atoms with Crippen LogP contribution >= 0.6 is 0 Å². The van der Waals surface area contributed by atoms with Gasteiger partial charge in [-0.15, -0.1) is 0 Å². The van der Waals surface area contributed by atoms with E-state index in [1.54, 1.807) is 0 Å². The number of carboxylic acid groups (broad SMARTS) is 1. The molecule has 0 fully saturated rings. The molecule has 0 amide bonds. The maximum Gasteiger partial charge on any atom is 0.332 e. The Bertz CT molecular complexity index is 645. The second-order valence-electron chi connectivity index (χ2n) is 5.17. The number of carbonyl (C=O) groups is 4. The van der Waals surface area contributed by atoms with Gasteiger partial charge in [-0.1, -0.05) is 24.3 Å². The maximum absolute atomic E-state index is 11.5. The first-order chi connectivity index (χ1) is 13.8. The van der Waals surface area contributed by atoms with Crippen molar-refractivity contribution in [1.29, 1.82) is 0 Å². The molecule has 29 heavy (non-hydrogen) atoms. The monoisotopic (exact) mass is 414 g/mol. The van der Waals surface area contributed by atoms with Crippen molar-refractivity contribution >= 4 is 23.9 Å². The smallest absolute Gasteiger partial charge is 0.332 e. The van der Waals surface area contributed by atoms with Crippen LogP contribution in [-0.4, -0.2) is 64.7 Å². The third-order valence-electron chi connectivity index (χ3n) is 3.21. The van der Waals surface area contributed by atoms with E-state index in [1.165, 1.54) is 24.3 Å². The van der Waals surface area contributed by atoms with Crippen LogP contribution in [0.5, 0.6) is 0 Å². The molecule has 0 aliphatic carbocycles. The molecule has 0 bridgehead atoms. The highest BCUT2D eigenvalue weighted by Crippen LogP contribution is 2.30. The fraction of sp³-hybridized carbons (Fsp3) is 0.333. The topological polar surface area (TPSA) is 177 Å². The number of carboxylic acids is 1. The minimum Gasteiger partial charge on any atom is -0.478 e. The lowest BCUT2D eigenvalue weighted by Crippen LogP contribution is -2.15. The Balaban J connectivity index is 5.74. The van der Waals surface area contributed by atoms with Gasteiger partial charge in [-0.3, -0.25) is 0 Å². The molecular weight excluding hydrogens is 392 g/mol. The molecule has 0 rings (SSSR count). The fourth-order valence-corrected chi connectivity index (χ4v) is 1.94. The van der Waals surface area contributed by atoms with E-state index >= 15 is 0 Å². The zero-order valence-corrected chi connectivity index (χ0v) is 15.3.